The van der Waals surface area contributed by atoms with Crippen LogP contribution in [0.1, 0.15) is 22.7 Å². The molecule has 1 aliphatic rings. The monoisotopic (exact) mass is 395 g/mol. The van der Waals surface area contributed by atoms with E-state index in [1.165, 1.54) is 17.7 Å². The van der Waals surface area contributed by atoms with Crippen LogP contribution in [0, 0.1) is 17.0 Å². The molecule has 1 unspecified atom stereocenters. The van der Waals surface area contributed by atoms with Crippen molar-refractivity contribution in [2.75, 3.05) is 13.1 Å². The summed E-state index contributed by atoms with van der Waals surface area (Å²) in [4.78, 5) is 10.1. The number of aryl methyl sites for hydroxylation is 1. The predicted molar refractivity (Wildman–Crippen MR) is 98.9 cm³/mol. The second-order valence-electron chi connectivity index (χ2n) is 6.16. The molecule has 0 radical (unpaired) electrons. The average Bonchev–Trinajstić information content (AvgIpc) is 2.61. The summed E-state index contributed by atoms with van der Waals surface area (Å²) in [5.74, 6) is 0. The van der Waals surface area contributed by atoms with Crippen LogP contribution in [0.5, 0.6) is 0 Å². The standard InChI is InChI=1S/C17H18ClN3O4S/c1-11-8-15(21(22)23)17(18)16(9-11)26(24,25)20-10-14-13-5-3-2-4-12(13)6-7-19-14/h2-5,8-9,14,19-20H,6-7,10H2,1H3. The molecule has 0 saturated heterocycles. The molecule has 1 aliphatic heterocycles. The Hall–Kier alpha value is -2.00. The van der Waals surface area contributed by atoms with Gasteiger partial charge in [-0.3, -0.25) is 10.1 Å². The van der Waals surface area contributed by atoms with Gasteiger partial charge >= 0.3 is 0 Å². The van der Waals surface area contributed by atoms with Crippen LogP contribution in [0.25, 0.3) is 0 Å². The summed E-state index contributed by atoms with van der Waals surface area (Å²) >= 11 is 5.99. The zero-order chi connectivity index (χ0) is 18.9. The van der Waals surface area contributed by atoms with Crippen LogP contribution in [0.2, 0.25) is 5.02 Å². The third-order valence-electron chi connectivity index (χ3n) is 4.34. The zero-order valence-corrected chi connectivity index (χ0v) is 15.6. The lowest BCUT2D eigenvalue weighted by molar-refractivity contribution is -0.385. The molecule has 7 nitrogen and oxygen atoms in total. The van der Waals surface area contributed by atoms with Gasteiger partial charge in [-0.1, -0.05) is 35.9 Å². The summed E-state index contributed by atoms with van der Waals surface area (Å²) in [6.07, 6.45) is 0.884. The largest absolute Gasteiger partial charge is 0.308 e. The Bertz CT molecular complexity index is 962. The number of halogens is 1. The Morgan fingerprint density at radius 1 is 1.35 bits per heavy atom. The summed E-state index contributed by atoms with van der Waals surface area (Å²) in [6, 6.07) is 10.3. The van der Waals surface area contributed by atoms with E-state index in [-0.39, 0.29) is 22.5 Å². The fourth-order valence-electron chi connectivity index (χ4n) is 3.09. The summed E-state index contributed by atoms with van der Waals surface area (Å²) in [5, 5.41) is 14.0. The SMILES string of the molecule is Cc1cc([N+](=O)[O-])c(Cl)c(S(=O)(=O)NCC2NCCc3ccccc32)c1. The minimum atomic E-state index is -4.00. The molecule has 0 bridgehead atoms. The van der Waals surface area contributed by atoms with E-state index in [4.69, 9.17) is 11.6 Å². The van der Waals surface area contributed by atoms with E-state index in [9.17, 15) is 18.5 Å². The van der Waals surface area contributed by atoms with Crippen molar-refractivity contribution in [1.82, 2.24) is 10.0 Å². The smallest absolute Gasteiger partial charge is 0.289 e. The maximum absolute atomic E-state index is 12.7. The second-order valence-corrected chi connectivity index (χ2v) is 8.27. The number of nitrogens with zero attached hydrogens (tertiary/aromatic N) is 1. The van der Waals surface area contributed by atoms with Crippen LogP contribution in [-0.2, 0) is 16.4 Å². The topological polar surface area (TPSA) is 101 Å². The Morgan fingerprint density at radius 3 is 2.81 bits per heavy atom. The molecule has 0 spiro atoms. The van der Waals surface area contributed by atoms with Gasteiger partial charge in [-0.05, 0) is 42.6 Å². The molecule has 0 fully saturated rings. The quantitative estimate of drug-likeness (QED) is 0.598. The minimum absolute atomic E-state index is 0.122. The number of hydrogen-bond acceptors (Lipinski definition) is 5. The van der Waals surface area contributed by atoms with Gasteiger partial charge in [-0.2, -0.15) is 0 Å². The highest BCUT2D eigenvalue weighted by Crippen LogP contribution is 2.32. The van der Waals surface area contributed by atoms with Crippen molar-refractivity contribution in [2.24, 2.45) is 0 Å². The summed E-state index contributed by atoms with van der Waals surface area (Å²) in [5.41, 5.74) is 2.25. The first-order chi connectivity index (χ1) is 12.3. The third kappa shape index (κ3) is 3.73. The highest BCUT2D eigenvalue weighted by molar-refractivity contribution is 7.89. The molecule has 0 aliphatic carbocycles. The molecule has 26 heavy (non-hydrogen) atoms. The van der Waals surface area contributed by atoms with Crippen molar-refractivity contribution in [3.63, 3.8) is 0 Å². The minimum Gasteiger partial charge on any atom is -0.308 e. The number of nitro groups is 1. The van der Waals surface area contributed by atoms with Crippen LogP contribution in [0.15, 0.2) is 41.3 Å². The number of nitro benzene ring substituents is 1. The number of nitrogens with one attached hydrogen (secondary N) is 2. The van der Waals surface area contributed by atoms with Crippen LogP contribution in [0.3, 0.4) is 0 Å². The van der Waals surface area contributed by atoms with Crippen molar-refractivity contribution < 1.29 is 13.3 Å². The third-order valence-corrected chi connectivity index (χ3v) is 6.30. The van der Waals surface area contributed by atoms with Crippen molar-refractivity contribution in [3.8, 4) is 0 Å². The van der Waals surface area contributed by atoms with E-state index in [1.54, 1.807) is 6.92 Å². The van der Waals surface area contributed by atoms with Crippen LogP contribution in [0.4, 0.5) is 5.69 Å². The lowest BCUT2D eigenvalue weighted by Gasteiger charge is -2.27. The summed E-state index contributed by atoms with van der Waals surface area (Å²) in [6.45, 7) is 2.46. The van der Waals surface area contributed by atoms with Gasteiger partial charge in [0.2, 0.25) is 10.0 Å². The number of sulfonamides is 1. The maximum Gasteiger partial charge on any atom is 0.289 e. The van der Waals surface area contributed by atoms with Gasteiger partial charge in [0.25, 0.3) is 5.69 Å². The number of rotatable bonds is 5. The van der Waals surface area contributed by atoms with E-state index < -0.39 is 20.6 Å². The second kappa shape index (κ2) is 7.32. The van der Waals surface area contributed by atoms with Gasteiger partial charge in [0.05, 0.1) is 4.92 Å². The van der Waals surface area contributed by atoms with Crippen LogP contribution >= 0.6 is 11.6 Å². The Kier molecular flexibility index (Phi) is 5.29. The Labute approximate surface area is 156 Å². The molecular formula is C17H18ClN3O4S. The van der Waals surface area contributed by atoms with Crippen molar-refractivity contribution in [3.05, 3.63) is 68.2 Å². The van der Waals surface area contributed by atoms with Gasteiger partial charge in [0.1, 0.15) is 9.92 Å². The lowest BCUT2D eigenvalue weighted by atomic mass is 9.95. The highest BCUT2D eigenvalue weighted by atomic mass is 35.5. The fourth-order valence-corrected chi connectivity index (χ4v) is 4.80. The molecule has 2 aromatic rings. The van der Waals surface area contributed by atoms with Crippen LogP contribution in [-0.4, -0.2) is 26.4 Å². The number of hydrogen-bond donors (Lipinski definition) is 2. The summed E-state index contributed by atoms with van der Waals surface area (Å²) < 4.78 is 27.9. The van der Waals surface area contributed by atoms with Crippen molar-refractivity contribution in [1.29, 1.82) is 0 Å². The molecule has 0 saturated carbocycles. The van der Waals surface area contributed by atoms with E-state index >= 15 is 0 Å². The van der Waals surface area contributed by atoms with E-state index in [0.717, 1.165) is 18.5 Å². The summed E-state index contributed by atoms with van der Waals surface area (Å²) in [7, 11) is -4.00. The number of fused-ring (bicyclic) bond motifs is 1. The molecule has 138 valence electrons. The van der Waals surface area contributed by atoms with Gasteiger partial charge < -0.3 is 5.32 Å². The van der Waals surface area contributed by atoms with E-state index in [0.29, 0.717) is 5.56 Å². The molecule has 9 heteroatoms. The molecule has 1 atom stereocenters. The van der Waals surface area contributed by atoms with Crippen LogP contribution < -0.4 is 10.0 Å². The molecule has 0 amide bonds. The van der Waals surface area contributed by atoms with Gasteiger partial charge in [-0.25, -0.2) is 13.1 Å². The Morgan fingerprint density at radius 2 is 2.08 bits per heavy atom. The normalized spacial score (nSPS) is 16.9. The highest BCUT2D eigenvalue weighted by Gasteiger charge is 2.27. The molecule has 1 heterocycles. The molecule has 3 rings (SSSR count). The first-order valence-corrected chi connectivity index (χ1v) is 9.91. The fraction of sp³-hybridized carbons (Fsp3) is 0.294. The molecule has 2 aromatic carbocycles. The van der Waals surface area contributed by atoms with E-state index in [1.807, 2.05) is 24.3 Å². The maximum atomic E-state index is 12.7. The first kappa shape index (κ1) is 18.8. The number of benzene rings is 2. The molecule has 0 aromatic heterocycles. The Balaban J connectivity index is 1.86. The molecular weight excluding hydrogens is 378 g/mol. The first-order valence-electron chi connectivity index (χ1n) is 8.05. The zero-order valence-electron chi connectivity index (χ0n) is 14.0. The van der Waals surface area contributed by atoms with Gasteiger partial charge in [0.15, 0.2) is 0 Å². The molecule has 2 N–H and O–H groups in total. The lowest BCUT2D eigenvalue weighted by Crippen LogP contribution is -2.38. The van der Waals surface area contributed by atoms with Crippen molar-refractivity contribution in [2.45, 2.75) is 24.3 Å². The van der Waals surface area contributed by atoms with E-state index in [2.05, 4.69) is 10.0 Å². The predicted octanol–water partition coefficient (Wildman–Crippen LogP) is 2.72. The average molecular weight is 396 g/mol. The van der Waals surface area contributed by atoms with Gasteiger partial charge in [-0.15, -0.1) is 0 Å². The van der Waals surface area contributed by atoms with Gasteiger partial charge in [0, 0.05) is 18.7 Å². The van der Waals surface area contributed by atoms with Crippen molar-refractivity contribution >= 4 is 27.3 Å².